The molecule has 0 saturated carbocycles. The van der Waals surface area contributed by atoms with Crippen LogP contribution in [-0.2, 0) is 28.7 Å². The normalized spacial score (nSPS) is 18.9. The summed E-state index contributed by atoms with van der Waals surface area (Å²) in [5, 5.41) is 0. The zero-order chi connectivity index (χ0) is 21.1. The number of benzene rings is 1. The molecule has 0 bridgehead atoms. The van der Waals surface area contributed by atoms with E-state index in [0.29, 0.717) is 16.9 Å². The van der Waals surface area contributed by atoms with Crippen LogP contribution in [0.4, 0.5) is 0 Å². The monoisotopic (exact) mass is 398 g/mol. The number of hydrogen-bond donors (Lipinski definition) is 0. The molecule has 0 fully saturated rings. The average Bonchev–Trinajstić information content (AvgIpc) is 2.91. The van der Waals surface area contributed by atoms with E-state index in [1.807, 2.05) is 0 Å². The van der Waals surface area contributed by atoms with Crippen molar-refractivity contribution in [2.45, 2.75) is 33.3 Å². The lowest BCUT2D eigenvalue weighted by Gasteiger charge is -2.16. The summed E-state index contributed by atoms with van der Waals surface area (Å²) in [6, 6.07) is 4.50. The van der Waals surface area contributed by atoms with E-state index in [1.165, 1.54) is 39.0 Å². The van der Waals surface area contributed by atoms with Crippen LogP contribution < -0.4 is 9.47 Å². The Labute approximate surface area is 166 Å². The van der Waals surface area contributed by atoms with E-state index in [-0.39, 0.29) is 29.5 Å². The van der Waals surface area contributed by atoms with Crippen molar-refractivity contribution in [3.63, 3.8) is 0 Å². The molecule has 8 heteroatoms. The molecule has 1 aromatic carbocycles. The Hall–Kier alpha value is -3.68. The molecule has 1 aliphatic heterocycles. The van der Waals surface area contributed by atoms with Crippen molar-refractivity contribution in [1.29, 1.82) is 0 Å². The molecular formula is C21H18O8. The lowest BCUT2D eigenvalue weighted by molar-refractivity contribution is -0.144. The van der Waals surface area contributed by atoms with Crippen LogP contribution in [-0.4, -0.2) is 29.8 Å². The summed E-state index contributed by atoms with van der Waals surface area (Å²) in [6.07, 6.45) is 4.47. The highest BCUT2D eigenvalue weighted by Crippen LogP contribution is 2.35. The molecule has 0 amide bonds. The summed E-state index contributed by atoms with van der Waals surface area (Å²) >= 11 is 0. The average molecular weight is 398 g/mol. The molecule has 1 atom stereocenters. The number of ketones is 1. The van der Waals surface area contributed by atoms with Gasteiger partial charge in [-0.3, -0.25) is 19.2 Å². The highest BCUT2D eigenvalue weighted by molar-refractivity contribution is 6.13. The molecule has 0 N–H and O–H groups in total. The molecule has 29 heavy (non-hydrogen) atoms. The Morgan fingerprint density at radius 3 is 2.38 bits per heavy atom. The Kier molecular flexibility index (Phi) is 5.63. The molecule has 0 spiro atoms. The molecule has 0 saturated heterocycles. The first-order chi connectivity index (χ1) is 13.7. The van der Waals surface area contributed by atoms with Gasteiger partial charge in [-0.05, 0) is 35.9 Å². The van der Waals surface area contributed by atoms with E-state index in [4.69, 9.17) is 18.9 Å². The van der Waals surface area contributed by atoms with Gasteiger partial charge in [0.05, 0.1) is 5.57 Å². The SMILES string of the molecule is CC(=O)Oc1ccc(C=C2OC3=C(C=CC(OC(C)=O)C3)C2=O)cc1OC(C)=O. The van der Waals surface area contributed by atoms with Crippen LogP contribution in [0.2, 0.25) is 0 Å². The quantitative estimate of drug-likeness (QED) is 0.433. The van der Waals surface area contributed by atoms with Gasteiger partial charge in [-0.1, -0.05) is 6.07 Å². The minimum atomic E-state index is -0.588. The number of esters is 3. The molecular weight excluding hydrogens is 380 g/mol. The zero-order valence-corrected chi connectivity index (χ0v) is 16.0. The summed E-state index contributed by atoms with van der Waals surface area (Å²) in [6.45, 7) is 3.76. The van der Waals surface area contributed by atoms with Gasteiger partial charge in [0.15, 0.2) is 17.3 Å². The molecule has 150 valence electrons. The molecule has 1 aliphatic carbocycles. The topological polar surface area (TPSA) is 105 Å². The van der Waals surface area contributed by atoms with E-state index in [0.717, 1.165) is 0 Å². The molecule has 1 unspecified atom stereocenters. The number of rotatable bonds is 4. The molecule has 0 aromatic heterocycles. The summed E-state index contributed by atoms with van der Waals surface area (Å²) in [5.41, 5.74) is 0.900. The third kappa shape index (κ3) is 4.78. The van der Waals surface area contributed by atoms with Crippen molar-refractivity contribution < 1.29 is 38.1 Å². The Morgan fingerprint density at radius 2 is 1.72 bits per heavy atom. The van der Waals surface area contributed by atoms with E-state index in [9.17, 15) is 19.2 Å². The van der Waals surface area contributed by atoms with Gasteiger partial charge in [-0.2, -0.15) is 0 Å². The number of hydrogen-bond acceptors (Lipinski definition) is 8. The van der Waals surface area contributed by atoms with Crippen molar-refractivity contribution in [2.24, 2.45) is 0 Å². The van der Waals surface area contributed by atoms with Crippen molar-refractivity contribution in [1.82, 2.24) is 0 Å². The highest BCUT2D eigenvalue weighted by Gasteiger charge is 2.33. The second-order valence-corrected chi connectivity index (χ2v) is 6.38. The summed E-state index contributed by atoms with van der Waals surface area (Å²) in [5.74, 6) is -1.26. The maximum absolute atomic E-state index is 12.6. The number of carbonyl (C=O) groups is 4. The number of Topliss-reactive ketones (excluding diaryl/α,β-unsaturated/α-hetero) is 1. The maximum atomic E-state index is 12.6. The number of carbonyl (C=O) groups excluding carboxylic acids is 4. The van der Waals surface area contributed by atoms with E-state index >= 15 is 0 Å². The molecule has 0 radical (unpaired) electrons. The van der Waals surface area contributed by atoms with Crippen molar-refractivity contribution in [3.05, 3.63) is 53.0 Å². The van der Waals surface area contributed by atoms with Gasteiger partial charge in [0.1, 0.15) is 11.9 Å². The molecule has 8 nitrogen and oxygen atoms in total. The largest absolute Gasteiger partial charge is 0.458 e. The number of allylic oxidation sites excluding steroid dienone is 2. The molecule has 1 aromatic rings. The van der Waals surface area contributed by atoms with Crippen LogP contribution in [0.15, 0.2) is 47.4 Å². The lowest BCUT2D eigenvalue weighted by atomic mass is 10.0. The lowest BCUT2D eigenvalue weighted by Crippen LogP contribution is -2.17. The van der Waals surface area contributed by atoms with Crippen molar-refractivity contribution in [2.75, 3.05) is 0 Å². The van der Waals surface area contributed by atoms with Gasteiger partial charge in [0.25, 0.3) is 0 Å². The van der Waals surface area contributed by atoms with Crippen LogP contribution in [0.25, 0.3) is 6.08 Å². The van der Waals surface area contributed by atoms with Crippen LogP contribution in [0.5, 0.6) is 11.5 Å². The maximum Gasteiger partial charge on any atom is 0.308 e. The Morgan fingerprint density at radius 1 is 1.03 bits per heavy atom. The van der Waals surface area contributed by atoms with Gasteiger partial charge >= 0.3 is 17.9 Å². The summed E-state index contributed by atoms with van der Waals surface area (Å²) < 4.78 is 20.9. The molecule has 3 rings (SSSR count). The number of ether oxygens (including phenoxy) is 4. The highest BCUT2D eigenvalue weighted by atomic mass is 16.6. The fourth-order valence-electron chi connectivity index (χ4n) is 2.90. The van der Waals surface area contributed by atoms with Gasteiger partial charge in [-0.15, -0.1) is 0 Å². The first-order valence-corrected chi connectivity index (χ1v) is 8.76. The van der Waals surface area contributed by atoms with Crippen LogP contribution in [0, 0.1) is 0 Å². The van der Waals surface area contributed by atoms with Crippen molar-refractivity contribution >= 4 is 29.8 Å². The first-order valence-electron chi connectivity index (χ1n) is 8.76. The standard InChI is InChI=1S/C21H18O8/c1-11(22)26-15-5-6-16-18(10-15)29-20(21(16)25)9-14-4-7-17(27-12(2)23)19(8-14)28-13(3)24/h4-9,15H,10H2,1-3H3. The van der Waals surface area contributed by atoms with E-state index in [2.05, 4.69) is 0 Å². The van der Waals surface area contributed by atoms with Gasteiger partial charge in [0.2, 0.25) is 5.78 Å². The second-order valence-electron chi connectivity index (χ2n) is 6.38. The van der Waals surface area contributed by atoms with Crippen molar-refractivity contribution in [3.8, 4) is 11.5 Å². The Bertz CT molecular complexity index is 996. The smallest absolute Gasteiger partial charge is 0.308 e. The first kappa shape index (κ1) is 20.1. The van der Waals surface area contributed by atoms with Crippen LogP contribution >= 0.6 is 0 Å². The van der Waals surface area contributed by atoms with E-state index < -0.39 is 24.0 Å². The second kappa shape index (κ2) is 8.14. The Balaban J connectivity index is 1.83. The van der Waals surface area contributed by atoms with Crippen LogP contribution in [0.3, 0.4) is 0 Å². The minimum absolute atomic E-state index is 0.0417. The fraction of sp³-hybridized carbons (Fsp3) is 0.238. The predicted octanol–water partition coefficient (Wildman–Crippen LogP) is 2.62. The molecule has 2 aliphatic rings. The van der Waals surface area contributed by atoms with E-state index in [1.54, 1.807) is 18.2 Å². The fourth-order valence-corrected chi connectivity index (χ4v) is 2.90. The third-order valence-corrected chi connectivity index (χ3v) is 3.96. The predicted molar refractivity (Wildman–Crippen MR) is 99.5 cm³/mol. The van der Waals surface area contributed by atoms with Crippen LogP contribution in [0.1, 0.15) is 32.8 Å². The zero-order valence-electron chi connectivity index (χ0n) is 16.0. The summed E-state index contributed by atoms with van der Waals surface area (Å²) in [7, 11) is 0. The van der Waals surface area contributed by atoms with Gasteiger partial charge in [-0.25, -0.2) is 0 Å². The third-order valence-electron chi connectivity index (χ3n) is 3.96. The minimum Gasteiger partial charge on any atom is -0.458 e. The van der Waals surface area contributed by atoms with Gasteiger partial charge < -0.3 is 18.9 Å². The molecule has 1 heterocycles. The summed E-state index contributed by atoms with van der Waals surface area (Å²) in [4.78, 5) is 46.2. The van der Waals surface area contributed by atoms with Gasteiger partial charge in [0, 0.05) is 27.2 Å².